The third kappa shape index (κ3) is 5.35. The van der Waals surface area contributed by atoms with Crippen molar-refractivity contribution in [3.63, 3.8) is 0 Å². The molecule has 0 atom stereocenters. The van der Waals surface area contributed by atoms with Gasteiger partial charge in [-0.15, -0.1) is 0 Å². The average molecular weight is 341 g/mol. The summed E-state index contributed by atoms with van der Waals surface area (Å²) in [6.07, 6.45) is 0. The minimum absolute atomic E-state index is 0.175. The number of hydrogen-bond donors (Lipinski definition) is 2. The summed E-state index contributed by atoms with van der Waals surface area (Å²) in [7, 11) is 0. The summed E-state index contributed by atoms with van der Waals surface area (Å²) < 4.78 is 5.05. The molecule has 0 saturated heterocycles. The fourth-order valence-electron chi connectivity index (χ4n) is 2.42. The Morgan fingerprint density at radius 3 is 2.40 bits per heavy atom. The average Bonchev–Trinajstić information content (AvgIpc) is 2.58. The molecule has 0 bridgehead atoms. The standard InChI is InChI=1S/C20H23NO4/c1-14-5-4-6-16(11-14)20(2,3)13-21-19(24)15-7-9-17(10-8-15)25-12-18(22)23/h4-11H,12-13H2,1-3H3,(H,21,24)(H,22,23). The van der Waals surface area contributed by atoms with E-state index >= 15 is 0 Å². The second-order valence-electron chi connectivity index (χ2n) is 6.64. The highest BCUT2D eigenvalue weighted by Gasteiger charge is 2.21. The first-order valence-electron chi connectivity index (χ1n) is 8.08. The quantitative estimate of drug-likeness (QED) is 0.811. The molecule has 0 spiro atoms. The number of aliphatic carboxylic acids is 1. The third-order valence-corrected chi connectivity index (χ3v) is 3.97. The summed E-state index contributed by atoms with van der Waals surface area (Å²) in [5.41, 5.74) is 2.67. The molecule has 0 unspecified atom stereocenters. The Morgan fingerprint density at radius 1 is 1.12 bits per heavy atom. The number of amides is 1. The molecular formula is C20H23NO4. The first-order valence-corrected chi connectivity index (χ1v) is 8.08. The van der Waals surface area contributed by atoms with Crippen molar-refractivity contribution in [2.75, 3.05) is 13.2 Å². The summed E-state index contributed by atoms with van der Waals surface area (Å²) in [5, 5.41) is 11.5. The smallest absolute Gasteiger partial charge is 0.341 e. The molecule has 0 aliphatic heterocycles. The second-order valence-corrected chi connectivity index (χ2v) is 6.64. The van der Waals surface area contributed by atoms with Gasteiger partial charge < -0.3 is 15.2 Å². The highest BCUT2D eigenvalue weighted by Crippen LogP contribution is 2.23. The molecule has 0 aliphatic rings. The van der Waals surface area contributed by atoms with Crippen molar-refractivity contribution in [1.29, 1.82) is 0 Å². The van der Waals surface area contributed by atoms with Crippen molar-refractivity contribution < 1.29 is 19.4 Å². The van der Waals surface area contributed by atoms with E-state index in [0.717, 1.165) is 0 Å². The lowest BCUT2D eigenvalue weighted by molar-refractivity contribution is -0.139. The van der Waals surface area contributed by atoms with Gasteiger partial charge in [0.05, 0.1) is 0 Å². The molecule has 0 saturated carbocycles. The SMILES string of the molecule is Cc1cccc(C(C)(C)CNC(=O)c2ccc(OCC(=O)O)cc2)c1. The van der Waals surface area contributed by atoms with Crippen LogP contribution in [-0.2, 0) is 10.2 Å². The number of benzene rings is 2. The maximum absolute atomic E-state index is 12.3. The molecule has 0 radical (unpaired) electrons. The highest BCUT2D eigenvalue weighted by molar-refractivity contribution is 5.94. The Bertz CT molecular complexity index is 751. The molecule has 0 fully saturated rings. The Balaban J connectivity index is 1.96. The normalized spacial score (nSPS) is 11.0. The van der Waals surface area contributed by atoms with Gasteiger partial charge in [-0.3, -0.25) is 4.79 Å². The Morgan fingerprint density at radius 2 is 1.80 bits per heavy atom. The van der Waals surface area contributed by atoms with E-state index in [1.165, 1.54) is 11.1 Å². The zero-order chi connectivity index (χ0) is 18.4. The molecule has 0 heterocycles. The number of carbonyl (C=O) groups excluding carboxylic acids is 1. The van der Waals surface area contributed by atoms with E-state index in [-0.39, 0.29) is 11.3 Å². The van der Waals surface area contributed by atoms with Crippen molar-refractivity contribution in [3.8, 4) is 5.75 Å². The van der Waals surface area contributed by atoms with Crippen LogP contribution in [-0.4, -0.2) is 30.1 Å². The number of ether oxygens (including phenoxy) is 1. The highest BCUT2D eigenvalue weighted by atomic mass is 16.5. The lowest BCUT2D eigenvalue weighted by Crippen LogP contribution is -2.36. The van der Waals surface area contributed by atoms with E-state index in [1.807, 2.05) is 19.1 Å². The fraction of sp³-hybridized carbons (Fsp3) is 0.300. The van der Waals surface area contributed by atoms with Crippen molar-refractivity contribution in [3.05, 3.63) is 65.2 Å². The predicted octanol–water partition coefficient (Wildman–Crippen LogP) is 3.17. The minimum atomic E-state index is -1.04. The van der Waals surface area contributed by atoms with Crippen molar-refractivity contribution in [2.24, 2.45) is 0 Å². The molecule has 2 N–H and O–H groups in total. The zero-order valence-electron chi connectivity index (χ0n) is 14.7. The first kappa shape index (κ1) is 18.5. The molecule has 5 nitrogen and oxygen atoms in total. The van der Waals surface area contributed by atoms with Crippen LogP contribution in [0.2, 0.25) is 0 Å². The van der Waals surface area contributed by atoms with Crippen LogP contribution in [0.3, 0.4) is 0 Å². The van der Waals surface area contributed by atoms with Gasteiger partial charge in [0.15, 0.2) is 6.61 Å². The first-order chi connectivity index (χ1) is 11.8. The molecule has 1 amide bonds. The summed E-state index contributed by atoms with van der Waals surface area (Å²) in [4.78, 5) is 22.8. The third-order valence-electron chi connectivity index (χ3n) is 3.97. The number of carboxylic acids is 1. The summed E-state index contributed by atoms with van der Waals surface area (Å²) >= 11 is 0. The second kappa shape index (κ2) is 7.83. The van der Waals surface area contributed by atoms with Gasteiger partial charge in [0, 0.05) is 17.5 Å². The monoisotopic (exact) mass is 341 g/mol. The van der Waals surface area contributed by atoms with Gasteiger partial charge in [-0.2, -0.15) is 0 Å². The van der Waals surface area contributed by atoms with Gasteiger partial charge in [0.2, 0.25) is 0 Å². The van der Waals surface area contributed by atoms with Crippen LogP contribution in [0.1, 0.15) is 35.3 Å². The van der Waals surface area contributed by atoms with Crippen molar-refractivity contribution >= 4 is 11.9 Å². The van der Waals surface area contributed by atoms with Crippen molar-refractivity contribution in [2.45, 2.75) is 26.2 Å². The van der Waals surface area contributed by atoms with Crippen LogP contribution in [0.4, 0.5) is 0 Å². The van der Waals surface area contributed by atoms with Crippen LogP contribution >= 0.6 is 0 Å². The number of carboxylic acid groups (broad SMARTS) is 1. The maximum atomic E-state index is 12.3. The zero-order valence-corrected chi connectivity index (χ0v) is 14.7. The largest absolute Gasteiger partial charge is 0.482 e. The summed E-state index contributed by atoms with van der Waals surface area (Å²) in [5.74, 6) is -0.801. The Kier molecular flexibility index (Phi) is 5.80. The van der Waals surface area contributed by atoms with Gasteiger partial charge >= 0.3 is 5.97 Å². The summed E-state index contributed by atoms with van der Waals surface area (Å²) in [6, 6.07) is 14.7. The van der Waals surface area contributed by atoms with E-state index in [9.17, 15) is 9.59 Å². The van der Waals surface area contributed by atoms with E-state index in [2.05, 4.69) is 31.3 Å². The van der Waals surface area contributed by atoms with Crippen LogP contribution in [0.15, 0.2) is 48.5 Å². The van der Waals surface area contributed by atoms with Crippen molar-refractivity contribution in [1.82, 2.24) is 5.32 Å². The van der Waals surface area contributed by atoms with E-state index < -0.39 is 12.6 Å². The van der Waals surface area contributed by atoms with E-state index in [4.69, 9.17) is 9.84 Å². The fourth-order valence-corrected chi connectivity index (χ4v) is 2.42. The van der Waals surface area contributed by atoms with E-state index in [1.54, 1.807) is 24.3 Å². The molecule has 132 valence electrons. The molecule has 5 heteroatoms. The van der Waals surface area contributed by atoms with Gasteiger partial charge in [-0.1, -0.05) is 43.7 Å². The molecular weight excluding hydrogens is 318 g/mol. The number of nitrogens with one attached hydrogen (secondary N) is 1. The maximum Gasteiger partial charge on any atom is 0.341 e. The topological polar surface area (TPSA) is 75.6 Å². The molecule has 0 aliphatic carbocycles. The van der Waals surface area contributed by atoms with Crippen LogP contribution in [0.5, 0.6) is 5.75 Å². The number of rotatable bonds is 7. The Labute approximate surface area is 147 Å². The predicted molar refractivity (Wildman–Crippen MR) is 96.1 cm³/mol. The lowest BCUT2D eigenvalue weighted by Gasteiger charge is -2.26. The Hall–Kier alpha value is -2.82. The van der Waals surface area contributed by atoms with E-state index in [0.29, 0.717) is 17.9 Å². The lowest BCUT2D eigenvalue weighted by atomic mass is 9.84. The molecule has 0 aromatic heterocycles. The number of hydrogen-bond acceptors (Lipinski definition) is 3. The molecule has 25 heavy (non-hydrogen) atoms. The minimum Gasteiger partial charge on any atom is -0.482 e. The number of aryl methyl sites for hydroxylation is 1. The number of carbonyl (C=O) groups is 2. The summed E-state index contributed by atoms with van der Waals surface area (Å²) in [6.45, 7) is 6.32. The van der Waals surface area contributed by atoms with Gasteiger partial charge in [0.1, 0.15) is 5.75 Å². The van der Waals surface area contributed by atoms with Crippen LogP contribution in [0, 0.1) is 6.92 Å². The van der Waals surface area contributed by atoms with Gasteiger partial charge in [-0.05, 0) is 36.8 Å². The van der Waals surface area contributed by atoms with Crippen LogP contribution in [0.25, 0.3) is 0 Å². The molecule has 2 rings (SSSR count). The van der Waals surface area contributed by atoms with Gasteiger partial charge in [0.25, 0.3) is 5.91 Å². The molecule has 2 aromatic carbocycles. The van der Waals surface area contributed by atoms with Gasteiger partial charge in [-0.25, -0.2) is 4.79 Å². The molecule has 2 aromatic rings. The van der Waals surface area contributed by atoms with Crippen LogP contribution < -0.4 is 10.1 Å².